The van der Waals surface area contributed by atoms with Crippen molar-refractivity contribution in [2.24, 2.45) is 5.92 Å². The van der Waals surface area contributed by atoms with Crippen molar-refractivity contribution in [2.75, 3.05) is 13.1 Å². The predicted molar refractivity (Wildman–Crippen MR) is 95.1 cm³/mol. The number of carbonyl (C=O) groups excluding carboxylic acids is 1. The van der Waals surface area contributed by atoms with Crippen molar-refractivity contribution >= 4 is 5.91 Å². The molecule has 128 valence electrons. The van der Waals surface area contributed by atoms with Gasteiger partial charge in [-0.05, 0) is 63.4 Å². The molecule has 5 heteroatoms. The Bertz CT molecular complexity index is 671. The molecule has 2 unspecified atom stereocenters. The van der Waals surface area contributed by atoms with Crippen LogP contribution in [0.3, 0.4) is 0 Å². The Kier molecular flexibility index (Phi) is 5.30. The molecule has 0 radical (unpaired) electrons. The number of nitrogens with zero attached hydrogens (tertiary/aromatic N) is 2. The number of carbonyl (C=O) groups is 1. The van der Waals surface area contributed by atoms with Crippen LogP contribution >= 0.6 is 0 Å². The zero-order valence-electron chi connectivity index (χ0n) is 14.5. The molecule has 1 aromatic heterocycles. The van der Waals surface area contributed by atoms with E-state index in [1.807, 2.05) is 24.6 Å². The van der Waals surface area contributed by atoms with E-state index in [4.69, 9.17) is 0 Å². The molecular weight excluding hydrogens is 300 g/mol. The Labute approximate surface area is 143 Å². The van der Waals surface area contributed by atoms with Crippen molar-refractivity contribution in [3.8, 4) is 5.69 Å². The second-order valence-electron chi connectivity index (χ2n) is 6.62. The molecule has 2 atom stereocenters. The van der Waals surface area contributed by atoms with Crippen LogP contribution in [0.2, 0.25) is 0 Å². The Morgan fingerprint density at radius 2 is 2.21 bits per heavy atom. The Balaban J connectivity index is 1.53. The molecule has 0 spiro atoms. The Hall–Kier alpha value is -2.14. The first-order valence-corrected chi connectivity index (χ1v) is 8.74. The molecule has 1 amide bonds. The fourth-order valence-electron chi connectivity index (χ4n) is 3.27. The van der Waals surface area contributed by atoms with Crippen LogP contribution in [0.15, 0.2) is 36.7 Å². The number of nitrogens with one attached hydrogen (secondary N) is 2. The summed E-state index contributed by atoms with van der Waals surface area (Å²) >= 11 is 0. The highest BCUT2D eigenvalue weighted by Gasteiger charge is 2.16. The Morgan fingerprint density at radius 3 is 2.83 bits per heavy atom. The van der Waals surface area contributed by atoms with Gasteiger partial charge in [-0.15, -0.1) is 0 Å². The van der Waals surface area contributed by atoms with Gasteiger partial charge in [-0.1, -0.05) is 12.1 Å². The van der Waals surface area contributed by atoms with Gasteiger partial charge in [-0.2, -0.15) is 0 Å². The highest BCUT2D eigenvalue weighted by atomic mass is 16.1. The van der Waals surface area contributed by atoms with E-state index in [9.17, 15) is 4.79 Å². The number of rotatable bonds is 6. The van der Waals surface area contributed by atoms with Gasteiger partial charge >= 0.3 is 0 Å². The van der Waals surface area contributed by atoms with Crippen molar-refractivity contribution in [3.63, 3.8) is 0 Å². The van der Waals surface area contributed by atoms with Gasteiger partial charge in [0, 0.05) is 24.5 Å². The van der Waals surface area contributed by atoms with Crippen LogP contribution in [0.4, 0.5) is 0 Å². The lowest BCUT2D eigenvalue weighted by atomic mass is 10.0. The van der Waals surface area contributed by atoms with Gasteiger partial charge in [0.15, 0.2) is 0 Å². The largest absolute Gasteiger partial charge is 0.350 e. The van der Waals surface area contributed by atoms with Crippen LogP contribution < -0.4 is 10.6 Å². The molecular formula is C19H26N4O. The van der Waals surface area contributed by atoms with Gasteiger partial charge in [-0.3, -0.25) is 4.79 Å². The fourth-order valence-corrected chi connectivity index (χ4v) is 3.27. The summed E-state index contributed by atoms with van der Waals surface area (Å²) in [6.45, 7) is 6.16. The van der Waals surface area contributed by atoms with Crippen molar-refractivity contribution in [2.45, 2.75) is 39.2 Å². The summed E-state index contributed by atoms with van der Waals surface area (Å²) in [6, 6.07) is 8.30. The predicted octanol–water partition coefficient (Wildman–Crippen LogP) is 2.75. The van der Waals surface area contributed by atoms with Crippen molar-refractivity contribution in [1.82, 2.24) is 20.2 Å². The average Bonchev–Trinajstić information content (AvgIpc) is 3.24. The molecule has 0 saturated carbocycles. The molecule has 1 aliphatic heterocycles. The van der Waals surface area contributed by atoms with E-state index in [1.165, 1.54) is 6.42 Å². The van der Waals surface area contributed by atoms with E-state index >= 15 is 0 Å². The van der Waals surface area contributed by atoms with E-state index in [0.717, 1.165) is 36.6 Å². The monoisotopic (exact) mass is 326 g/mol. The molecule has 2 aromatic rings. The summed E-state index contributed by atoms with van der Waals surface area (Å²) < 4.78 is 2.04. The van der Waals surface area contributed by atoms with Gasteiger partial charge < -0.3 is 15.2 Å². The van der Waals surface area contributed by atoms with Gasteiger partial charge in [0.2, 0.25) is 5.91 Å². The van der Waals surface area contributed by atoms with E-state index < -0.39 is 0 Å². The average molecular weight is 326 g/mol. The van der Waals surface area contributed by atoms with Gasteiger partial charge in [0.25, 0.3) is 0 Å². The Morgan fingerprint density at radius 1 is 1.42 bits per heavy atom. The van der Waals surface area contributed by atoms with Gasteiger partial charge in [-0.25, -0.2) is 4.98 Å². The molecule has 0 bridgehead atoms. The van der Waals surface area contributed by atoms with Crippen LogP contribution in [-0.4, -0.2) is 28.5 Å². The van der Waals surface area contributed by atoms with Gasteiger partial charge in [0.1, 0.15) is 5.82 Å². The van der Waals surface area contributed by atoms with Crippen molar-refractivity contribution in [1.29, 1.82) is 0 Å². The molecule has 1 saturated heterocycles. The molecule has 24 heavy (non-hydrogen) atoms. The maximum atomic E-state index is 12.1. The standard InChI is InChI=1S/C19H26N4O/c1-14(22-19(24)8-3-16-9-10-20-13-16)17-4-6-18(7-5-17)23-12-11-21-15(23)2/h4-7,11-12,14,16,20H,3,8-10,13H2,1-2H3,(H,22,24). The number of amides is 1. The van der Waals surface area contributed by atoms with Crippen LogP contribution in [0, 0.1) is 12.8 Å². The number of aryl methyl sites for hydroxylation is 1. The third-order valence-corrected chi connectivity index (χ3v) is 4.82. The highest BCUT2D eigenvalue weighted by Crippen LogP contribution is 2.18. The lowest BCUT2D eigenvalue weighted by molar-refractivity contribution is -0.122. The van der Waals surface area contributed by atoms with E-state index in [2.05, 4.69) is 39.9 Å². The number of imidazole rings is 1. The van der Waals surface area contributed by atoms with Crippen LogP contribution in [-0.2, 0) is 4.79 Å². The first kappa shape index (κ1) is 16.7. The number of aromatic nitrogens is 2. The first-order valence-electron chi connectivity index (χ1n) is 8.74. The molecule has 1 aliphatic rings. The van der Waals surface area contributed by atoms with Crippen LogP contribution in [0.25, 0.3) is 5.69 Å². The van der Waals surface area contributed by atoms with E-state index in [1.54, 1.807) is 6.20 Å². The summed E-state index contributed by atoms with van der Waals surface area (Å²) in [5.74, 6) is 1.76. The molecule has 0 aliphatic carbocycles. The SMILES string of the molecule is Cc1nccn1-c1ccc(C(C)NC(=O)CCC2CCNC2)cc1. The third-order valence-electron chi connectivity index (χ3n) is 4.82. The van der Waals surface area contributed by atoms with Crippen LogP contribution in [0.1, 0.15) is 43.6 Å². The maximum Gasteiger partial charge on any atom is 0.220 e. The normalized spacial score (nSPS) is 18.5. The zero-order chi connectivity index (χ0) is 16.9. The van der Waals surface area contributed by atoms with Crippen molar-refractivity contribution in [3.05, 3.63) is 48.0 Å². The maximum absolute atomic E-state index is 12.1. The number of hydrogen-bond acceptors (Lipinski definition) is 3. The summed E-state index contributed by atoms with van der Waals surface area (Å²) in [4.78, 5) is 16.4. The molecule has 2 N–H and O–H groups in total. The smallest absolute Gasteiger partial charge is 0.220 e. The molecule has 1 aromatic carbocycles. The minimum Gasteiger partial charge on any atom is -0.350 e. The molecule has 1 fully saturated rings. The van der Waals surface area contributed by atoms with Crippen molar-refractivity contribution < 1.29 is 4.79 Å². The molecule has 5 nitrogen and oxygen atoms in total. The zero-order valence-corrected chi connectivity index (χ0v) is 14.5. The quantitative estimate of drug-likeness (QED) is 0.858. The minimum atomic E-state index is 0.0251. The second kappa shape index (κ2) is 7.62. The molecule has 3 rings (SSSR count). The summed E-state index contributed by atoms with van der Waals surface area (Å²) in [7, 11) is 0. The first-order chi connectivity index (χ1) is 11.6. The lowest BCUT2D eigenvalue weighted by Gasteiger charge is -2.16. The summed E-state index contributed by atoms with van der Waals surface area (Å²) in [5.41, 5.74) is 2.20. The van der Waals surface area contributed by atoms with Crippen LogP contribution in [0.5, 0.6) is 0 Å². The van der Waals surface area contributed by atoms with Gasteiger partial charge in [0.05, 0.1) is 6.04 Å². The summed E-state index contributed by atoms with van der Waals surface area (Å²) in [5, 5.41) is 6.45. The topological polar surface area (TPSA) is 59.0 Å². The minimum absolute atomic E-state index is 0.0251. The highest BCUT2D eigenvalue weighted by molar-refractivity contribution is 5.76. The number of hydrogen-bond donors (Lipinski definition) is 2. The van der Waals surface area contributed by atoms with E-state index in [-0.39, 0.29) is 11.9 Å². The van der Waals surface area contributed by atoms with E-state index in [0.29, 0.717) is 12.3 Å². The summed E-state index contributed by atoms with van der Waals surface area (Å²) in [6.07, 6.45) is 6.53. The lowest BCUT2D eigenvalue weighted by Crippen LogP contribution is -2.27. The molecule has 2 heterocycles. The fraction of sp³-hybridized carbons (Fsp3) is 0.474. The number of benzene rings is 1. The second-order valence-corrected chi connectivity index (χ2v) is 6.62. The third kappa shape index (κ3) is 4.03.